The van der Waals surface area contributed by atoms with Crippen LogP contribution in [-0.4, -0.2) is 12.5 Å². The van der Waals surface area contributed by atoms with E-state index in [2.05, 4.69) is 5.32 Å². The molecule has 0 saturated heterocycles. The molecule has 0 unspecified atom stereocenters. The summed E-state index contributed by atoms with van der Waals surface area (Å²) in [5.74, 6) is -0.0156. The zero-order chi connectivity index (χ0) is 15.1. The van der Waals surface area contributed by atoms with E-state index in [4.69, 9.17) is 4.74 Å². The van der Waals surface area contributed by atoms with Crippen LogP contribution in [0.3, 0.4) is 0 Å². The summed E-state index contributed by atoms with van der Waals surface area (Å²) in [5.41, 5.74) is 1.23. The van der Waals surface area contributed by atoms with Crippen LogP contribution in [0, 0.1) is 5.82 Å². The van der Waals surface area contributed by atoms with Crippen molar-refractivity contribution in [2.75, 3.05) is 11.9 Å². The largest absolute Gasteiger partial charge is 0.492 e. The van der Waals surface area contributed by atoms with Crippen molar-refractivity contribution in [2.24, 2.45) is 0 Å². The molecule has 0 bridgehead atoms. The monoisotopic (exact) mass is 285 g/mol. The Hall–Kier alpha value is -2.62. The van der Waals surface area contributed by atoms with Gasteiger partial charge in [0.1, 0.15) is 11.6 Å². The summed E-state index contributed by atoms with van der Waals surface area (Å²) >= 11 is 0. The number of para-hydroxylation sites is 2. The SMILES string of the molecule is CCOc1ccccc1NC(=O)/C=C/c1cccc(F)c1. The van der Waals surface area contributed by atoms with E-state index in [9.17, 15) is 9.18 Å². The molecule has 0 atom stereocenters. The number of hydrogen-bond donors (Lipinski definition) is 1. The first-order valence-corrected chi connectivity index (χ1v) is 6.65. The van der Waals surface area contributed by atoms with Crippen molar-refractivity contribution >= 4 is 17.7 Å². The predicted molar refractivity (Wildman–Crippen MR) is 81.7 cm³/mol. The van der Waals surface area contributed by atoms with Gasteiger partial charge in [-0.2, -0.15) is 0 Å². The number of anilines is 1. The lowest BCUT2D eigenvalue weighted by Crippen LogP contribution is -2.09. The van der Waals surface area contributed by atoms with Gasteiger partial charge in [0.05, 0.1) is 12.3 Å². The Labute approximate surface area is 123 Å². The number of ether oxygens (including phenoxy) is 1. The van der Waals surface area contributed by atoms with Crippen LogP contribution in [0.5, 0.6) is 5.75 Å². The lowest BCUT2D eigenvalue weighted by Gasteiger charge is -2.09. The third-order valence-electron chi connectivity index (χ3n) is 2.72. The third-order valence-corrected chi connectivity index (χ3v) is 2.72. The molecular weight excluding hydrogens is 269 g/mol. The smallest absolute Gasteiger partial charge is 0.248 e. The minimum absolute atomic E-state index is 0.300. The number of carbonyl (C=O) groups excluding carboxylic acids is 1. The second kappa shape index (κ2) is 7.24. The van der Waals surface area contributed by atoms with E-state index < -0.39 is 0 Å². The zero-order valence-corrected chi connectivity index (χ0v) is 11.7. The minimum Gasteiger partial charge on any atom is -0.492 e. The van der Waals surface area contributed by atoms with E-state index in [1.807, 2.05) is 19.1 Å². The van der Waals surface area contributed by atoms with Crippen molar-refractivity contribution in [3.05, 3.63) is 66.0 Å². The first kappa shape index (κ1) is 14.8. The molecule has 0 aliphatic carbocycles. The molecule has 0 heterocycles. The second-order valence-corrected chi connectivity index (χ2v) is 4.31. The highest BCUT2D eigenvalue weighted by atomic mass is 19.1. The van der Waals surface area contributed by atoms with Gasteiger partial charge in [0.2, 0.25) is 5.91 Å². The maximum atomic E-state index is 13.0. The van der Waals surface area contributed by atoms with Gasteiger partial charge in [-0.05, 0) is 42.8 Å². The Morgan fingerprint density at radius 2 is 2.05 bits per heavy atom. The van der Waals surface area contributed by atoms with Gasteiger partial charge in [-0.15, -0.1) is 0 Å². The number of benzene rings is 2. The lowest BCUT2D eigenvalue weighted by molar-refractivity contribution is -0.111. The molecule has 2 rings (SSSR count). The van der Waals surface area contributed by atoms with Gasteiger partial charge in [-0.25, -0.2) is 4.39 Å². The molecule has 0 radical (unpaired) electrons. The molecule has 21 heavy (non-hydrogen) atoms. The van der Waals surface area contributed by atoms with Crippen molar-refractivity contribution in [1.82, 2.24) is 0 Å². The van der Waals surface area contributed by atoms with E-state index in [0.717, 1.165) is 0 Å². The Bertz CT molecular complexity index is 653. The van der Waals surface area contributed by atoms with Gasteiger partial charge in [0, 0.05) is 6.08 Å². The summed E-state index contributed by atoms with van der Waals surface area (Å²) in [6.07, 6.45) is 2.92. The second-order valence-electron chi connectivity index (χ2n) is 4.31. The normalized spacial score (nSPS) is 10.6. The van der Waals surface area contributed by atoms with Crippen LogP contribution in [0.4, 0.5) is 10.1 Å². The molecule has 1 N–H and O–H groups in total. The highest BCUT2D eigenvalue weighted by Crippen LogP contribution is 2.23. The fraction of sp³-hybridized carbons (Fsp3) is 0.118. The van der Waals surface area contributed by atoms with Gasteiger partial charge in [0.25, 0.3) is 0 Å². The van der Waals surface area contributed by atoms with Gasteiger partial charge < -0.3 is 10.1 Å². The first-order valence-electron chi connectivity index (χ1n) is 6.65. The highest BCUT2D eigenvalue weighted by Gasteiger charge is 2.04. The molecule has 2 aromatic carbocycles. The molecule has 3 nitrogen and oxygen atoms in total. The number of nitrogens with one attached hydrogen (secondary N) is 1. The van der Waals surface area contributed by atoms with Crippen molar-refractivity contribution < 1.29 is 13.9 Å². The average Bonchev–Trinajstić information content (AvgIpc) is 2.48. The van der Waals surface area contributed by atoms with Crippen molar-refractivity contribution in [3.8, 4) is 5.75 Å². The van der Waals surface area contributed by atoms with Crippen molar-refractivity contribution in [2.45, 2.75) is 6.92 Å². The van der Waals surface area contributed by atoms with E-state index in [0.29, 0.717) is 23.6 Å². The number of carbonyl (C=O) groups is 1. The average molecular weight is 285 g/mol. The number of hydrogen-bond acceptors (Lipinski definition) is 2. The number of halogens is 1. The number of amides is 1. The quantitative estimate of drug-likeness (QED) is 0.847. The lowest BCUT2D eigenvalue weighted by atomic mass is 10.2. The first-order chi connectivity index (χ1) is 10.2. The Morgan fingerprint density at radius 1 is 1.24 bits per heavy atom. The van der Waals surface area contributed by atoms with E-state index in [1.54, 1.807) is 30.3 Å². The molecular formula is C17H16FNO2. The van der Waals surface area contributed by atoms with Crippen LogP contribution in [0.1, 0.15) is 12.5 Å². The summed E-state index contributed by atoms with van der Waals surface area (Å²) in [6.45, 7) is 2.40. The highest BCUT2D eigenvalue weighted by molar-refractivity contribution is 6.02. The summed E-state index contributed by atoms with van der Waals surface area (Å²) in [6, 6.07) is 13.2. The molecule has 0 saturated carbocycles. The summed E-state index contributed by atoms with van der Waals surface area (Å²) in [7, 11) is 0. The van der Waals surface area contributed by atoms with Crippen LogP contribution in [0.15, 0.2) is 54.6 Å². The maximum absolute atomic E-state index is 13.0. The standard InChI is InChI=1S/C17H16FNO2/c1-2-21-16-9-4-3-8-15(16)19-17(20)11-10-13-6-5-7-14(18)12-13/h3-12H,2H2,1H3,(H,19,20)/b11-10+. The molecule has 0 aliphatic rings. The molecule has 2 aromatic rings. The molecule has 0 fully saturated rings. The van der Waals surface area contributed by atoms with Crippen molar-refractivity contribution in [3.63, 3.8) is 0 Å². The van der Waals surface area contributed by atoms with E-state index in [1.165, 1.54) is 18.2 Å². The minimum atomic E-state index is -0.334. The molecule has 108 valence electrons. The Kier molecular flexibility index (Phi) is 5.10. The molecule has 1 amide bonds. The summed E-state index contributed by atoms with van der Waals surface area (Å²) in [5, 5.41) is 2.74. The van der Waals surface area contributed by atoms with Crippen LogP contribution in [0.25, 0.3) is 6.08 Å². The predicted octanol–water partition coefficient (Wildman–Crippen LogP) is 3.88. The Morgan fingerprint density at radius 3 is 2.81 bits per heavy atom. The third kappa shape index (κ3) is 4.45. The van der Waals surface area contributed by atoms with Crippen molar-refractivity contribution in [1.29, 1.82) is 0 Å². The van der Waals surface area contributed by atoms with E-state index in [-0.39, 0.29) is 11.7 Å². The zero-order valence-electron chi connectivity index (χ0n) is 11.7. The fourth-order valence-electron chi connectivity index (χ4n) is 1.81. The van der Waals surface area contributed by atoms with Gasteiger partial charge >= 0.3 is 0 Å². The summed E-state index contributed by atoms with van der Waals surface area (Å²) < 4.78 is 18.5. The van der Waals surface area contributed by atoms with Crippen LogP contribution >= 0.6 is 0 Å². The Balaban J connectivity index is 2.05. The molecule has 0 spiro atoms. The topological polar surface area (TPSA) is 38.3 Å². The molecule has 4 heteroatoms. The summed E-state index contributed by atoms with van der Waals surface area (Å²) in [4.78, 5) is 11.9. The molecule has 0 aliphatic heterocycles. The number of rotatable bonds is 5. The van der Waals surface area contributed by atoms with Gasteiger partial charge in [0.15, 0.2) is 0 Å². The van der Waals surface area contributed by atoms with Crippen LogP contribution < -0.4 is 10.1 Å². The van der Waals surface area contributed by atoms with Crippen LogP contribution in [-0.2, 0) is 4.79 Å². The van der Waals surface area contributed by atoms with Gasteiger partial charge in [-0.1, -0.05) is 24.3 Å². The van der Waals surface area contributed by atoms with Gasteiger partial charge in [-0.3, -0.25) is 4.79 Å². The molecule has 0 aromatic heterocycles. The maximum Gasteiger partial charge on any atom is 0.248 e. The fourth-order valence-corrected chi connectivity index (χ4v) is 1.81. The van der Waals surface area contributed by atoms with E-state index >= 15 is 0 Å². The van der Waals surface area contributed by atoms with Crippen LogP contribution in [0.2, 0.25) is 0 Å².